The zero-order chi connectivity index (χ0) is 27.8. The Morgan fingerprint density at radius 2 is 1.57 bits per heavy atom. The van der Waals surface area contributed by atoms with Crippen LogP contribution in [0, 0.1) is 18.2 Å². The molecule has 0 unspecified atom stereocenters. The van der Waals surface area contributed by atoms with E-state index < -0.39 is 29.2 Å². The molecule has 196 valence electrons. The molecule has 40 heavy (non-hydrogen) atoms. The zero-order valence-electron chi connectivity index (χ0n) is 21.5. The number of hydrogen-bond acceptors (Lipinski definition) is 4. The molecule has 0 saturated carbocycles. The van der Waals surface area contributed by atoms with E-state index in [9.17, 15) is 18.8 Å². The van der Waals surface area contributed by atoms with Crippen molar-refractivity contribution in [3.8, 4) is 0 Å². The Morgan fingerprint density at radius 1 is 0.875 bits per heavy atom. The fraction of sp³-hybridized carbons (Fsp3) is 0.147. The molecule has 6 heteroatoms. The largest absolute Gasteiger partial charge is 0.352 e. The van der Waals surface area contributed by atoms with E-state index in [0.717, 1.165) is 5.56 Å². The highest BCUT2D eigenvalue weighted by atomic mass is 35.5. The first kappa shape index (κ1) is 24.7. The summed E-state index contributed by atoms with van der Waals surface area (Å²) in [7, 11) is 0. The lowest BCUT2D eigenvalue weighted by molar-refractivity contribution is 0.0666. The van der Waals surface area contributed by atoms with E-state index in [0.29, 0.717) is 38.5 Å². The average Bonchev–Trinajstić information content (AvgIpc) is 3.39. The Bertz CT molecular complexity index is 1740. The minimum absolute atomic E-state index is 0.228. The van der Waals surface area contributed by atoms with Gasteiger partial charge in [-0.25, -0.2) is 4.39 Å². The van der Waals surface area contributed by atoms with Gasteiger partial charge in [0, 0.05) is 38.9 Å². The van der Waals surface area contributed by atoms with E-state index in [1.807, 2.05) is 30.0 Å². The van der Waals surface area contributed by atoms with Gasteiger partial charge in [-0.3, -0.25) is 14.4 Å². The van der Waals surface area contributed by atoms with Gasteiger partial charge in [-0.15, -0.1) is 0 Å². The number of halogens is 2. The molecule has 0 radical (unpaired) electrons. The van der Waals surface area contributed by atoms with Crippen LogP contribution < -0.4 is 4.90 Å². The predicted octanol–water partition coefficient (Wildman–Crippen LogP) is 7.10. The van der Waals surface area contributed by atoms with E-state index in [4.69, 9.17) is 11.6 Å². The second-order valence-corrected chi connectivity index (χ2v) is 11.1. The van der Waals surface area contributed by atoms with Crippen molar-refractivity contribution in [1.82, 2.24) is 0 Å². The van der Waals surface area contributed by atoms with Crippen LogP contribution in [0.25, 0.3) is 6.08 Å². The van der Waals surface area contributed by atoms with Crippen LogP contribution in [0.4, 0.5) is 10.1 Å². The summed E-state index contributed by atoms with van der Waals surface area (Å²) >= 11 is 6.47. The van der Waals surface area contributed by atoms with Gasteiger partial charge in [0.05, 0.1) is 6.04 Å². The minimum atomic E-state index is -1.62. The van der Waals surface area contributed by atoms with Crippen molar-refractivity contribution < 1.29 is 18.8 Å². The average molecular weight is 548 g/mol. The van der Waals surface area contributed by atoms with E-state index in [2.05, 4.69) is 0 Å². The number of carbonyl (C=O) groups excluding carboxylic acids is 3. The molecular weight excluding hydrogens is 525 g/mol. The van der Waals surface area contributed by atoms with Gasteiger partial charge in [-0.2, -0.15) is 0 Å². The highest BCUT2D eigenvalue weighted by Gasteiger charge is 2.71. The number of aryl methyl sites for hydroxylation is 1. The lowest BCUT2D eigenvalue weighted by atomic mass is 9.64. The SMILES string of the molecule is Cc1ccc(C(=O)[C@H]2[C@H](c3cccc(Cl)c3)C3(C(=O)c4ccccc4C3=O)[C@H]3C=Cc4cc(F)ccc4N23)cc1. The van der Waals surface area contributed by atoms with Crippen molar-refractivity contribution in [2.24, 2.45) is 5.41 Å². The number of ketones is 3. The van der Waals surface area contributed by atoms with E-state index in [1.54, 1.807) is 72.8 Å². The van der Waals surface area contributed by atoms with Crippen LogP contribution in [-0.4, -0.2) is 29.4 Å². The molecule has 1 spiro atoms. The molecule has 1 saturated heterocycles. The Morgan fingerprint density at radius 3 is 2.25 bits per heavy atom. The van der Waals surface area contributed by atoms with Gasteiger partial charge in [0.15, 0.2) is 17.3 Å². The van der Waals surface area contributed by atoms with Crippen LogP contribution >= 0.6 is 11.6 Å². The molecule has 0 aromatic heterocycles. The summed E-state index contributed by atoms with van der Waals surface area (Å²) in [5.74, 6) is -2.14. The topological polar surface area (TPSA) is 54.5 Å². The van der Waals surface area contributed by atoms with Crippen LogP contribution in [0.2, 0.25) is 5.02 Å². The summed E-state index contributed by atoms with van der Waals surface area (Å²) in [6, 6.07) is 23.8. The van der Waals surface area contributed by atoms with Gasteiger partial charge in [0.1, 0.15) is 17.3 Å². The lowest BCUT2D eigenvalue weighted by Crippen LogP contribution is -2.48. The van der Waals surface area contributed by atoms with Gasteiger partial charge >= 0.3 is 0 Å². The first-order valence-electron chi connectivity index (χ1n) is 13.1. The highest BCUT2D eigenvalue weighted by molar-refractivity contribution is 6.32. The number of nitrogens with zero attached hydrogens (tertiary/aromatic N) is 1. The fourth-order valence-corrected chi connectivity index (χ4v) is 7.11. The highest BCUT2D eigenvalue weighted by Crippen LogP contribution is 2.61. The molecule has 0 N–H and O–H groups in total. The van der Waals surface area contributed by atoms with E-state index in [-0.39, 0.29) is 17.3 Å². The van der Waals surface area contributed by atoms with Crippen LogP contribution in [-0.2, 0) is 0 Å². The van der Waals surface area contributed by atoms with Crippen molar-refractivity contribution in [2.45, 2.75) is 24.9 Å². The fourth-order valence-electron chi connectivity index (χ4n) is 6.91. The van der Waals surface area contributed by atoms with Crippen molar-refractivity contribution >= 4 is 40.7 Å². The molecule has 2 aliphatic heterocycles. The van der Waals surface area contributed by atoms with Crippen molar-refractivity contribution in [1.29, 1.82) is 0 Å². The summed E-state index contributed by atoms with van der Waals surface area (Å²) in [4.78, 5) is 45.6. The Balaban J connectivity index is 1.55. The van der Waals surface area contributed by atoms with Gasteiger partial charge in [0.25, 0.3) is 0 Å². The molecule has 1 aliphatic carbocycles. The maximum Gasteiger partial charge on any atom is 0.185 e. The third kappa shape index (κ3) is 3.28. The molecule has 2 heterocycles. The third-order valence-electron chi connectivity index (χ3n) is 8.58. The molecule has 4 aromatic carbocycles. The van der Waals surface area contributed by atoms with Gasteiger partial charge in [-0.05, 0) is 42.8 Å². The number of Topliss-reactive ketones (excluding diaryl/α,β-unsaturated/α-hetero) is 3. The van der Waals surface area contributed by atoms with E-state index in [1.165, 1.54) is 12.1 Å². The molecule has 1 fully saturated rings. The summed E-state index contributed by atoms with van der Waals surface area (Å²) < 4.78 is 14.3. The van der Waals surface area contributed by atoms with Crippen LogP contribution in [0.15, 0.2) is 97.1 Å². The number of anilines is 1. The number of rotatable bonds is 3. The quantitative estimate of drug-likeness (QED) is 0.203. The predicted molar refractivity (Wildman–Crippen MR) is 153 cm³/mol. The minimum Gasteiger partial charge on any atom is -0.352 e. The maximum atomic E-state index is 14.6. The Labute approximate surface area is 235 Å². The van der Waals surface area contributed by atoms with Crippen LogP contribution in [0.5, 0.6) is 0 Å². The van der Waals surface area contributed by atoms with Crippen LogP contribution in [0.1, 0.15) is 53.7 Å². The standard InChI is InChI=1S/C34H23ClFNO3/c1-19-9-11-20(12-10-19)31(38)30-29(22-5-4-6-23(35)17-22)34(32(39)25-7-2-3-8-26(25)33(34)40)28-16-13-21-18-24(36)14-15-27(21)37(28)30/h2-18,28-30H,1H3/t28-,29+,30-/m1/s1. The van der Waals surface area contributed by atoms with Crippen molar-refractivity contribution in [2.75, 3.05) is 4.90 Å². The Kier molecular flexibility index (Phi) is 5.45. The van der Waals surface area contributed by atoms with Gasteiger partial charge in [-0.1, -0.05) is 90.0 Å². The first-order chi connectivity index (χ1) is 19.3. The molecule has 4 nitrogen and oxygen atoms in total. The summed E-state index contributed by atoms with van der Waals surface area (Å²) in [6.45, 7) is 1.94. The van der Waals surface area contributed by atoms with Crippen molar-refractivity contribution in [3.63, 3.8) is 0 Å². The van der Waals surface area contributed by atoms with Crippen LogP contribution in [0.3, 0.4) is 0 Å². The second kappa shape index (κ2) is 8.83. The summed E-state index contributed by atoms with van der Waals surface area (Å²) in [5.41, 5.74) is 2.34. The normalized spacial score (nSPS) is 21.9. The number of hydrogen-bond donors (Lipinski definition) is 0. The molecule has 3 aliphatic rings. The summed E-state index contributed by atoms with van der Waals surface area (Å²) in [5, 5.41) is 0.437. The first-order valence-corrected chi connectivity index (χ1v) is 13.5. The van der Waals surface area contributed by atoms with Crippen molar-refractivity contribution in [3.05, 3.63) is 141 Å². The molecule has 4 aromatic rings. The number of fused-ring (bicyclic) bond motifs is 5. The van der Waals surface area contributed by atoms with E-state index >= 15 is 0 Å². The zero-order valence-corrected chi connectivity index (χ0v) is 22.2. The molecule has 3 atom stereocenters. The second-order valence-electron chi connectivity index (χ2n) is 10.7. The molecule has 0 amide bonds. The molecule has 7 rings (SSSR count). The molecule has 0 bridgehead atoms. The monoisotopic (exact) mass is 547 g/mol. The molecular formula is C34H23ClFNO3. The number of benzene rings is 4. The van der Waals surface area contributed by atoms with Gasteiger partial charge < -0.3 is 4.90 Å². The van der Waals surface area contributed by atoms with Gasteiger partial charge in [0.2, 0.25) is 0 Å². The smallest absolute Gasteiger partial charge is 0.185 e. The Hall–Kier alpha value is -4.35. The number of carbonyl (C=O) groups is 3. The summed E-state index contributed by atoms with van der Waals surface area (Å²) in [6.07, 6.45) is 3.53. The lowest BCUT2D eigenvalue weighted by Gasteiger charge is -2.37. The maximum absolute atomic E-state index is 14.6. The third-order valence-corrected chi connectivity index (χ3v) is 8.81.